The lowest BCUT2D eigenvalue weighted by Gasteiger charge is -2.18. The molecule has 0 atom stereocenters. The molecule has 0 spiro atoms. The van der Waals surface area contributed by atoms with Gasteiger partial charge >= 0.3 is 5.97 Å². The van der Waals surface area contributed by atoms with E-state index in [9.17, 15) is 4.79 Å². The van der Waals surface area contributed by atoms with E-state index in [1.165, 1.54) is 6.20 Å². The molecule has 1 aromatic rings. The maximum Gasteiger partial charge on any atom is 0.320 e. The van der Waals surface area contributed by atoms with Crippen LogP contribution < -0.4 is 0 Å². The third-order valence-electron chi connectivity index (χ3n) is 2.16. The predicted molar refractivity (Wildman–Crippen MR) is 64.6 cm³/mol. The Morgan fingerprint density at radius 2 is 2.18 bits per heavy atom. The Hall–Kier alpha value is -1.20. The minimum Gasteiger partial charge on any atom is -0.465 e. The van der Waals surface area contributed by atoms with Gasteiger partial charge in [0, 0.05) is 6.54 Å². The molecule has 5 nitrogen and oxygen atoms in total. The van der Waals surface area contributed by atoms with E-state index in [-0.39, 0.29) is 12.5 Å². The minimum atomic E-state index is -0.226. The first-order chi connectivity index (χ1) is 8.15. The molecule has 17 heavy (non-hydrogen) atoms. The number of halogens is 1. The zero-order valence-corrected chi connectivity index (χ0v) is 10.8. The summed E-state index contributed by atoms with van der Waals surface area (Å²) in [4.78, 5) is 21.3. The number of hydrogen-bond acceptors (Lipinski definition) is 5. The third-order valence-corrected chi connectivity index (χ3v) is 2.36. The third kappa shape index (κ3) is 5.10. The lowest BCUT2D eigenvalue weighted by atomic mass is 10.4. The average Bonchev–Trinajstić information content (AvgIpc) is 2.31. The zero-order valence-electron chi connectivity index (χ0n) is 10.0. The summed E-state index contributed by atoms with van der Waals surface area (Å²) in [6.07, 6.45) is 3.10. The van der Waals surface area contributed by atoms with E-state index < -0.39 is 0 Å². The predicted octanol–water partition coefficient (Wildman–Crippen LogP) is 1.52. The van der Waals surface area contributed by atoms with Crippen LogP contribution in [0.25, 0.3) is 0 Å². The van der Waals surface area contributed by atoms with Gasteiger partial charge in [0.2, 0.25) is 0 Å². The van der Waals surface area contributed by atoms with E-state index >= 15 is 0 Å². The van der Waals surface area contributed by atoms with Gasteiger partial charge in [0.15, 0.2) is 0 Å². The molecule has 0 fully saturated rings. The van der Waals surface area contributed by atoms with Crippen LogP contribution in [0.15, 0.2) is 12.4 Å². The molecule has 0 N–H and O–H groups in total. The summed E-state index contributed by atoms with van der Waals surface area (Å²) in [5, 5.41) is 0.363. The van der Waals surface area contributed by atoms with Gasteiger partial charge in [0.1, 0.15) is 5.15 Å². The topological polar surface area (TPSA) is 55.3 Å². The molecule has 0 saturated heterocycles. The van der Waals surface area contributed by atoms with Crippen molar-refractivity contribution in [2.75, 3.05) is 19.7 Å². The summed E-state index contributed by atoms with van der Waals surface area (Å²) in [6.45, 7) is 5.72. The van der Waals surface area contributed by atoms with Gasteiger partial charge in [0.25, 0.3) is 0 Å². The van der Waals surface area contributed by atoms with Gasteiger partial charge in [-0.3, -0.25) is 14.7 Å². The van der Waals surface area contributed by atoms with Crippen LogP contribution in [0.4, 0.5) is 0 Å². The standard InChI is InChI=1S/C11H16ClN3O2/c1-3-15(8-11(16)17-4-2)7-9-5-14-10(12)6-13-9/h5-6H,3-4,7-8H2,1-2H3. The highest BCUT2D eigenvalue weighted by Gasteiger charge is 2.11. The Balaban J connectivity index is 2.51. The molecular weight excluding hydrogens is 242 g/mol. The van der Waals surface area contributed by atoms with Crippen molar-refractivity contribution in [3.63, 3.8) is 0 Å². The number of likely N-dealkylation sites (N-methyl/N-ethyl adjacent to an activating group) is 1. The van der Waals surface area contributed by atoms with Gasteiger partial charge in [0.05, 0.1) is 31.2 Å². The van der Waals surface area contributed by atoms with E-state index in [1.54, 1.807) is 13.1 Å². The Morgan fingerprint density at radius 1 is 1.41 bits per heavy atom. The fourth-order valence-corrected chi connectivity index (χ4v) is 1.42. The number of hydrogen-bond donors (Lipinski definition) is 0. The van der Waals surface area contributed by atoms with Crippen LogP contribution >= 0.6 is 11.6 Å². The summed E-state index contributed by atoms with van der Waals surface area (Å²) in [7, 11) is 0. The van der Waals surface area contributed by atoms with Crippen LogP contribution in [0.2, 0.25) is 5.15 Å². The number of esters is 1. The molecular formula is C11H16ClN3O2. The average molecular weight is 258 g/mol. The Labute approximate surface area is 106 Å². The fourth-order valence-electron chi connectivity index (χ4n) is 1.32. The van der Waals surface area contributed by atoms with Gasteiger partial charge in [-0.05, 0) is 13.5 Å². The normalized spacial score (nSPS) is 10.6. The molecule has 0 bridgehead atoms. The minimum absolute atomic E-state index is 0.226. The first-order valence-electron chi connectivity index (χ1n) is 5.50. The monoisotopic (exact) mass is 257 g/mol. The first kappa shape index (κ1) is 13.9. The van der Waals surface area contributed by atoms with Crippen molar-refractivity contribution in [3.8, 4) is 0 Å². The van der Waals surface area contributed by atoms with Crippen LogP contribution in [-0.4, -0.2) is 40.5 Å². The molecule has 0 unspecified atom stereocenters. The summed E-state index contributed by atoms with van der Waals surface area (Å²) in [5.74, 6) is -0.226. The number of rotatable bonds is 6. The highest BCUT2D eigenvalue weighted by molar-refractivity contribution is 6.29. The molecule has 94 valence electrons. The van der Waals surface area contributed by atoms with Crippen molar-refractivity contribution >= 4 is 17.6 Å². The molecule has 0 saturated carbocycles. The van der Waals surface area contributed by atoms with Crippen LogP contribution in [0.3, 0.4) is 0 Å². The second-order valence-corrected chi connectivity index (χ2v) is 3.83. The van der Waals surface area contributed by atoms with Crippen LogP contribution in [-0.2, 0) is 16.1 Å². The summed E-state index contributed by atoms with van der Waals surface area (Å²) < 4.78 is 4.89. The van der Waals surface area contributed by atoms with Crippen molar-refractivity contribution in [1.82, 2.24) is 14.9 Å². The van der Waals surface area contributed by atoms with Crippen molar-refractivity contribution in [3.05, 3.63) is 23.2 Å². The van der Waals surface area contributed by atoms with E-state index in [2.05, 4.69) is 9.97 Å². The molecule has 0 aliphatic rings. The Morgan fingerprint density at radius 3 is 2.71 bits per heavy atom. The van der Waals surface area contributed by atoms with Crippen molar-refractivity contribution < 1.29 is 9.53 Å². The van der Waals surface area contributed by atoms with Crippen molar-refractivity contribution in [2.45, 2.75) is 20.4 Å². The molecule has 1 rings (SSSR count). The fraction of sp³-hybridized carbons (Fsp3) is 0.545. The van der Waals surface area contributed by atoms with E-state index in [0.29, 0.717) is 18.3 Å². The molecule has 0 radical (unpaired) electrons. The summed E-state index contributed by atoms with van der Waals surface area (Å²) in [6, 6.07) is 0. The van der Waals surface area contributed by atoms with Gasteiger partial charge in [-0.15, -0.1) is 0 Å². The number of ether oxygens (including phenoxy) is 1. The van der Waals surface area contributed by atoms with E-state index in [0.717, 1.165) is 12.2 Å². The lowest BCUT2D eigenvalue weighted by molar-refractivity contribution is -0.144. The van der Waals surface area contributed by atoms with Crippen LogP contribution in [0, 0.1) is 0 Å². The first-order valence-corrected chi connectivity index (χ1v) is 5.87. The van der Waals surface area contributed by atoms with Crippen molar-refractivity contribution in [1.29, 1.82) is 0 Å². The van der Waals surface area contributed by atoms with Crippen LogP contribution in [0.5, 0.6) is 0 Å². The zero-order chi connectivity index (χ0) is 12.7. The van der Waals surface area contributed by atoms with Gasteiger partial charge < -0.3 is 4.74 Å². The van der Waals surface area contributed by atoms with Gasteiger partial charge in [-0.2, -0.15) is 0 Å². The molecule has 0 amide bonds. The van der Waals surface area contributed by atoms with E-state index in [1.807, 2.05) is 11.8 Å². The second kappa shape index (κ2) is 7.19. The number of carbonyl (C=O) groups is 1. The molecule has 0 aliphatic carbocycles. The maximum atomic E-state index is 11.3. The van der Waals surface area contributed by atoms with E-state index in [4.69, 9.17) is 16.3 Å². The van der Waals surface area contributed by atoms with Crippen LogP contribution in [0.1, 0.15) is 19.5 Å². The summed E-state index contributed by atoms with van der Waals surface area (Å²) >= 11 is 5.65. The maximum absolute atomic E-state index is 11.3. The smallest absolute Gasteiger partial charge is 0.320 e. The second-order valence-electron chi connectivity index (χ2n) is 3.44. The molecule has 1 heterocycles. The number of aromatic nitrogens is 2. The van der Waals surface area contributed by atoms with Gasteiger partial charge in [-0.1, -0.05) is 18.5 Å². The lowest BCUT2D eigenvalue weighted by Crippen LogP contribution is -2.30. The SMILES string of the molecule is CCOC(=O)CN(CC)Cc1cnc(Cl)cn1. The number of carbonyl (C=O) groups excluding carboxylic acids is 1. The van der Waals surface area contributed by atoms with Crippen molar-refractivity contribution in [2.24, 2.45) is 0 Å². The highest BCUT2D eigenvalue weighted by Crippen LogP contribution is 2.04. The number of nitrogens with zero attached hydrogens (tertiary/aromatic N) is 3. The van der Waals surface area contributed by atoms with Gasteiger partial charge in [-0.25, -0.2) is 4.98 Å². The molecule has 0 aromatic carbocycles. The summed E-state index contributed by atoms with van der Waals surface area (Å²) in [5.41, 5.74) is 0.778. The largest absolute Gasteiger partial charge is 0.465 e. The molecule has 0 aliphatic heterocycles. The highest BCUT2D eigenvalue weighted by atomic mass is 35.5. The Bertz CT molecular complexity index is 356. The Kier molecular flexibility index (Phi) is 5.86. The molecule has 6 heteroatoms. The molecule has 1 aromatic heterocycles. The quantitative estimate of drug-likeness (QED) is 0.723.